The second-order valence-corrected chi connectivity index (χ2v) is 8.72. The van der Waals surface area contributed by atoms with E-state index in [0.717, 1.165) is 64.8 Å². The predicted octanol–water partition coefficient (Wildman–Crippen LogP) is 3.94. The Morgan fingerprint density at radius 2 is 1.90 bits per heavy atom. The average molecular weight is 444 g/mol. The minimum Gasteiger partial charge on any atom is -0.344 e. The Balaban J connectivity index is 1.25. The third-order valence-electron chi connectivity index (χ3n) is 5.46. The highest BCUT2D eigenvalue weighted by atomic mass is 35.5. The number of rotatable bonds is 5. The van der Waals surface area contributed by atoms with E-state index in [2.05, 4.69) is 26.9 Å². The maximum absolute atomic E-state index is 5.98. The summed E-state index contributed by atoms with van der Waals surface area (Å²) in [6, 6.07) is 7.82. The molecule has 1 atom stereocenters. The van der Waals surface area contributed by atoms with Crippen molar-refractivity contribution < 1.29 is 4.52 Å². The van der Waals surface area contributed by atoms with Gasteiger partial charge in [-0.15, -0.1) is 5.10 Å². The van der Waals surface area contributed by atoms with Gasteiger partial charge in [0.25, 0.3) is 0 Å². The quantitative estimate of drug-likeness (QED) is 0.462. The molecule has 0 saturated carbocycles. The van der Waals surface area contributed by atoms with Gasteiger partial charge in [0, 0.05) is 43.2 Å². The molecule has 156 valence electrons. The van der Waals surface area contributed by atoms with E-state index in [1.165, 1.54) is 0 Å². The first-order valence-corrected chi connectivity index (χ1v) is 11.2. The van der Waals surface area contributed by atoms with Crippen molar-refractivity contribution in [2.24, 2.45) is 0 Å². The first-order chi connectivity index (χ1) is 14.6. The average Bonchev–Trinajstić information content (AvgIpc) is 3.49. The largest absolute Gasteiger partial charge is 0.344 e. The lowest BCUT2D eigenvalue weighted by Crippen LogP contribution is -2.47. The Hall–Kier alpha value is -2.49. The Kier molecular flexibility index (Phi) is 5.18. The number of imidazole rings is 1. The molecule has 1 fully saturated rings. The summed E-state index contributed by atoms with van der Waals surface area (Å²) in [5.74, 6) is 1.46. The zero-order chi connectivity index (χ0) is 20.7. The van der Waals surface area contributed by atoms with Gasteiger partial charge in [0.15, 0.2) is 5.82 Å². The summed E-state index contributed by atoms with van der Waals surface area (Å²) >= 11 is 7.60. The van der Waals surface area contributed by atoms with Crippen molar-refractivity contribution in [3.05, 3.63) is 47.2 Å². The van der Waals surface area contributed by atoms with E-state index in [9.17, 15) is 0 Å². The number of anilines is 1. The fourth-order valence-electron chi connectivity index (χ4n) is 3.61. The van der Waals surface area contributed by atoms with Crippen LogP contribution in [0.2, 0.25) is 5.02 Å². The standard InChI is InChI=1S/C20H22ClN7OS/c1-3-17-23-18(29-25-17)13(2)26-8-10-27(11-9-26)20-24-28-12-16(22-19(28)30-20)14-4-6-15(21)7-5-14/h4-7,12-13H,3,8-11H2,1-2H3. The molecule has 8 nitrogen and oxygen atoms in total. The van der Waals surface area contributed by atoms with Gasteiger partial charge in [0.2, 0.25) is 16.0 Å². The predicted molar refractivity (Wildman–Crippen MR) is 117 cm³/mol. The molecule has 0 bridgehead atoms. The number of hydrogen-bond acceptors (Lipinski definition) is 8. The fraction of sp³-hybridized carbons (Fsp3) is 0.400. The maximum Gasteiger partial charge on any atom is 0.243 e. The molecule has 0 spiro atoms. The van der Waals surface area contributed by atoms with Crippen molar-refractivity contribution in [1.82, 2.24) is 29.6 Å². The second-order valence-electron chi connectivity index (χ2n) is 7.35. The number of halogens is 1. The number of hydrogen-bond donors (Lipinski definition) is 0. The summed E-state index contributed by atoms with van der Waals surface area (Å²) < 4.78 is 7.28. The van der Waals surface area contributed by atoms with Crippen molar-refractivity contribution in [2.45, 2.75) is 26.3 Å². The van der Waals surface area contributed by atoms with Crippen LogP contribution in [0.25, 0.3) is 16.2 Å². The van der Waals surface area contributed by atoms with Crippen LogP contribution in [0.5, 0.6) is 0 Å². The molecule has 1 aromatic carbocycles. The zero-order valence-electron chi connectivity index (χ0n) is 16.8. The molecule has 1 aliphatic heterocycles. The van der Waals surface area contributed by atoms with Crippen molar-refractivity contribution in [1.29, 1.82) is 0 Å². The smallest absolute Gasteiger partial charge is 0.243 e. The summed E-state index contributed by atoms with van der Waals surface area (Å²) in [5, 5.41) is 10.5. The van der Waals surface area contributed by atoms with E-state index >= 15 is 0 Å². The Morgan fingerprint density at radius 1 is 1.13 bits per heavy atom. The summed E-state index contributed by atoms with van der Waals surface area (Å²) in [4.78, 5) is 14.8. The molecule has 5 rings (SSSR count). The van der Waals surface area contributed by atoms with Gasteiger partial charge in [-0.05, 0) is 19.1 Å². The number of nitrogens with zero attached hydrogens (tertiary/aromatic N) is 7. The van der Waals surface area contributed by atoms with Gasteiger partial charge in [-0.3, -0.25) is 4.90 Å². The van der Waals surface area contributed by atoms with Crippen LogP contribution in [0, 0.1) is 0 Å². The van der Waals surface area contributed by atoms with Crippen molar-refractivity contribution in [3.8, 4) is 11.3 Å². The normalized spacial score (nSPS) is 16.4. The first kappa shape index (κ1) is 19.5. The van der Waals surface area contributed by atoms with Gasteiger partial charge < -0.3 is 9.42 Å². The Morgan fingerprint density at radius 3 is 2.57 bits per heavy atom. The zero-order valence-corrected chi connectivity index (χ0v) is 18.4. The van der Waals surface area contributed by atoms with Gasteiger partial charge >= 0.3 is 0 Å². The molecule has 4 aromatic rings. The number of aromatic nitrogens is 5. The highest BCUT2D eigenvalue weighted by Gasteiger charge is 2.27. The molecule has 0 radical (unpaired) electrons. The van der Waals surface area contributed by atoms with Crippen LogP contribution in [0.4, 0.5) is 5.13 Å². The van der Waals surface area contributed by atoms with Crippen LogP contribution in [-0.2, 0) is 6.42 Å². The monoisotopic (exact) mass is 443 g/mol. The molecular formula is C20H22ClN7OS. The second kappa shape index (κ2) is 7.98. The molecule has 10 heteroatoms. The SMILES string of the molecule is CCc1noc(C(C)N2CCN(c3nn4cc(-c5ccc(Cl)cc5)nc4s3)CC2)n1. The van der Waals surface area contributed by atoms with Gasteiger partial charge in [-0.25, -0.2) is 9.50 Å². The Bertz CT molecular complexity index is 1110. The number of benzene rings is 1. The van der Waals surface area contributed by atoms with E-state index in [4.69, 9.17) is 26.2 Å². The van der Waals surface area contributed by atoms with Gasteiger partial charge in [0.05, 0.1) is 17.9 Å². The number of fused-ring (bicyclic) bond motifs is 1. The molecule has 0 amide bonds. The molecule has 0 N–H and O–H groups in total. The van der Waals surface area contributed by atoms with Crippen LogP contribution in [-0.4, -0.2) is 55.8 Å². The lowest BCUT2D eigenvalue weighted by Gasteiger charge is -2.36. The van der Waals surface area contributed by atoms with E-state index in [0.29, 0.717) is 5.89 Å². The third kappa shape index (κ3) is 3.68. The minimum atomic E-state index is 0.121. The summed E-state index contributed by atoms with van der Waals surface area (Å²) in [6.45, 7) is 7.80. The molecule has 1 unspecified atom stereocenters. The number of aryl methyl sites for hydroxylation is 1. The highest BCUT2D eigenvalue weighted by Crippen LogP contribution is 2.29. The molecule has 1 aliphatic rings. The molecule has 4 heterocycles. The van der Waals surface area contributed by atoms with Crippen molar-refractivity contribution in [2.75, 3.05) is 31.1 Å². The molecule has 3 aromatic heterocycles. The van der Waals surface area contributed by atoms with Crippen LogP contribution in [0.1, 0.15) is 31.6 Å². The van der Waals surface area contributed by atoms with Gasteiger partial charge in [-0.1, -0.05) is 47.2 Å². The van der Waals surface area contributed by atoms with Crippen LogP contribution < -0.4 is 4.90 Å². The van der Waals surface area contributed by atoms with E-state index in [1.54, 1.807) is 11.3 Å². The first-order valence-electron chi connectivity index (χ1n) is 10.0. The molecule has 30 heavy (non-hydrogen) atoms. The van der Waals surface area contributed by atoms with Crippen molar-refractivity contribution >= 4 is 33.0 Å². The van der Waals surface area contributed by atoms with Gasteiger partial charge in [0.1, 0.15) is 0 Å². The van der Waals surface area contributed by atoms with Crippen LogP contribution in [0.15, 0.2) is 35.0 Å². The highest BCUT2D eigenvalue weighted by molar-refractivity contribution is 7.20. The van der Waals surface area contributed by atoms with Crippen molar-refractivity contribution in [3.63, 3.8) is 0 Å². The fourth-order valence-corrected chi connectivity index (χ4v) is 4.68. The molecule has 1 saturated heterocycles. The Labute approximate surface area is 183 Å². The number of piperazine rings is 1. The maximum atomic E-state index is 5.98. The van der Waals surface area contributed by atoms with E-state index in [-0.39, 0.29) is 6.04 Å². The lowest BCUT2D eigenvalue weighted by molar-refractivity contribution is 0.164. The van der Waals surface area contributed by atoms with Gasteiger partial charge in [-0.2, -0.15) is 4.98 Å². The molecule has 0 aliphatic carbocycles. The topological polar surface area (TPSA) is 75.6 Å². The van der Waals surface area contributed by atoms with Crippen LogP contribution in [0.3, 0.4) is 0 Å². The van der Waals surface area contributed by atoms with E-state index in [1.807, 2.05) is 41.9 Å². The molecular weight excluding hydrogens is 422 g/mol. The lowest BCUT2D eigenvalue weighted by atomic mass is 10.2. The third-order valence-corrected chi connectivity index (χ3v) is 6.70. The summed E-state index contributed by atoms with van der Waals surface area (Å²) in [7, 11) is 0. The summed E-state index contributed by atoms with van der Waals surface area (Å²) in [5.41, 5.74) is 1.94. The van der Waals surface area contributed by atoms with E-state index < -0.39 is 0 Å². The van der Waals surface area contributed by atoms with Crippen LogP contribution >= 0.6 is 22.9 Å². The summed E-state index contributed by atoms with van der Waals surface area (Å²) in [6.07, 6.45) is 2.76. The minimum absolute atomic E-state index is 0.121.